The highest BCUT2D eigenvalue weighted by Crippen LogP contribution is 2.18. The van der Waals surface area contributed by atoms with Gasteiger partial charge in [0, 0.05) is 18.2 Å². The fraction of sp³-hybridized carbons (Fsp3) is 0.222. The molecule has 0 bridgehead atoms. The van der Waals surface area contributed by atoms with Crippen molar-refractivity contribution in [2.75, 3.05) is 0 Å². The summed E-state index contributed by atoms with van der Waals surface area (Å²) in [7, 11) is 1.51. The number of rotatable bonds is 5. The Bertz CT molecular complexity index is 1070. The monoisotopic (exact) mass is 373 g/mol. The van der Waals surface area contributed by atoms with Crippen molar-refractivity contribution < 1.29 is 13.6 Å². The SMILES string of the molecule is CC(=NOCc1c(C)cccc1-n1nnn(C)c1=O)c1ccc(F)c(F)c1. The fourth-order valence-corrected chi connectivity index (χ4v) is 2.51. The van der Waals surface area contributed by atoms with E-state index in [1.807, 2.05) is 13.0 Å². The van der Waals surface area contributed by atoms with Gasteiger partial charge in [0.15, 0.2) is 11.6 Å². The number of tetrazole rings is 1. The summed E-state index contributed by atoms with van der Waals surface area (Å²) in [6.45, 7) is 3.56. The zero-order valence-electron chi connectivity index (χ0n) is 15.0. The maximum atomic E-state index is 13.3. The van der Waals surface area contributed by atoms with Crippen LogP contribution in [0.3, 0.4) is 0 Å². The van der Waals surface area contributed by atoms with Gasteiger partial charge in [-0.25, -0.2) is 13.6 Å². The Balaban J connectivity index is 1.85. The molecule has 0 radical (unpaired) electrons. The van der Waals surface area contributed by atoms with Crippen LogP contribution in [-0.2, 0) is 18.5 Å². The molecule has 1 aromatic heterocycles. The first kappa shape index (κ1) is 18.4. The minimum absolute atomic E-state index is 0.0615. The molecule has 0 atom stereocenters. The largest absolute Gasteiger partial charge is 0.391 e. The lowest BCUT2D eigenvalue weighted by atomic mass is 10.1. The molecule has 0 spiro atoms. The van der Waals surface area contributed by atoms with E-state index in [0.29, 0.717) is 22.5 Å². The highest BCUT2D eigenvalue weighted by Gasteiger charge is 2.13. The molecule has 3 aromatic rings. The second kappa shape index (κ2) is 7.48. The van der Waals surface area contributed by atoms with Crippen LogP contribution < -0.4 is 5.69 Å². The molecule has 0 aliphatic carbocycles. The summed E-state index contributed by atoms with van der Waals surface area (Å²) >= 11 is 0. The molecule has 0 unspecified atom stereocenters. The summed E-state index contributed by atoms with van der Waals surface area (Å²) in [5.41, 5.74) is 2.54. The van der Waals surface area contributed by atoms with Gasteiger partial charge in [0.1, 0.15) is 6.61 Å². The molecule has 2 aromatic carbocycles. The van der Waals surface area contributed by atoms with Crippen molar-refractivity contribution in [2.45, 2.75) is 20.5 Å². The van der Waals surface area contributed by atoms with Crippen molar-refractivity contribution in [3.05, 3.63) is 75.2 Å². The number of oxime groups is 1. The summed E-state index contributed by atoms with van der Waals surface area (Å²) in [5, 5.41) is 11.5. The van der Waals surface area contributed by atoms with Crippen molar-refractivity contribution in [1.82, 2.24) is 19.8 Å². The van der Waals surface area contributed by atoms with E-state index in [0.717, 1.165) is 22.4 Å². The van der Waals surface area contributed by atoms with Crippen LogP contribution in [0.25, 0.3) is 5.69 Å². The Morgan fingerprint density at radius 3 is 2.63 bits per heavy atom. The number of hydrogen-bond donors (Lipinski definition) is 0. The van der Waals surface area contributed by atoms with Crippen molar-refractivity contribution in [3.63, 3.8) is 0 Å². The summed E-state index contributed by atoms with van der Waals surface area (Å²) < 4.78 is 28.7. The molecule has 3 rings (SSSR count). The van der Waals surface area contributed by atoms with Crippen LogP contribution in [0.15, 0.2) is 46.3 Å². The molecule has 140 valence electrons. The fourth-order valence-electron chi connectivity index (χ4n) is 2.51. The molecule has 0 fully saturated rings. The summed E-state index contributed by atoms with van der Waals surface area (Å²) in [6, 6.07) is 8.90. The number of aryl methyl sites for hydroxylation is 2. The van der Waals surface area contributed by atoms with E-state index in [1.54, 1.807) is 19.1 Å². The Labute approximate surface area is 153 Å². The molecular formula is C18H17F2N5O2. The van der Waals surface area contributed by atoms with Crippen molar-refractivity contribution in [1.29, 1.82) is 0 Å². The molecule has 0 N–H and O–H groups in total. The average molecular weight is 373 g/mol. The second-order valence-electron chi connectivity index (χ2n) is 5.95. The summed E-state index contributed by atoms with van der Waals surface area (Å²) in [6.07, 6.45) is 0. The molecule has 0 aliphatic rings. The predicted molar refractivity (Wildman–Crippen MR) is 94.7 cm³/mol. The van der Waals surface area contributed by atoms with Gasteiger partial charge in [-0.05, 0) is 54.1 Å². The number of aromatic nitrogens is 4. The zero-order valence-corrected chi connectivity index (χ0v) is 15.0. The summed E-state index contributed by atoms with van der Waals surface area (Å²) in [5.74, 6) is -1.88. The van der Waals surface area contributed by atoms with E-state index in [9.17, 15) is 13.6 Å². The van der Waals surface area contributed by atoms with Crippen molar-refractivity contribution in [2.24, 2.45) is 12.2 Å². The van der Waals surface area contributed by atoms with E-state index in [1.165, 1.54) is 17.8 Å². The Hall–Kier alpha value is -3.36. The van der Waals surface area contributed by atoms with Gasteiger partial charge in [-0.3, -0.25) is 0 Å². The molecule has 0 saturated heterocycles. The van der Waals surface area contributed by atoms with E-state index in [2.05, 4.69) is 15.6 Å². The van der Waals surface area contributed by atoms with E-state index in [-0.39, 0.29) is 12.3 Å². The Kier molecular flexibility index (Phi) is 5.11. The number of halogens is 2. The first-order valence-corrected chi connectivity index (χ1v) is 8.08. The highest BCUT2D eigenvalue weighted by atomic mass is 19.2. The lowest BCUT2D eigenvalue weighted by Crippen LogP contribution is -2.23. The predicted octanol–water partition coefficient (Wildman–Crippen LogP) is 2.49. The lowest BCUT2D eigenvalue weighted by Gasteiger charge is -2.10. The van der Waals surface area contributed by atoms with Crippen LogP contribution in [0.4, 0.5) is 8.78 Å². The van der Waals surface area contributed by atoms with Crippen LogP contribution in [0.1, 0.15) is 23.6 Å². The maximum absolute atomic E-state index is 13.3. The molecule has 9 heteroatoms. The third kappa shape index (κ3) is 3.76. The van der Waals surface area contributed by atoms with Crippen LogP contribution >= 0.6 is 0 Å². The zero-order chi connectivity index (χ0) is 19.6. The van der Waals surface area contributed by atoms with Gasteiger partial charge in [-0.1, -0.05) is 17.3 Å². The quantitative estimate of drug-likeness (QED) is 0.509. The number of benzene rings is 2. The molecular weight excluding hydrogens is 356 g/mol. The standard InChI is InChI=1S/C18H17F2N5O2/c1-11-5-4-6-17(25-18(26)24(3)22-23-25)14(11)10-27-21-12(2)13-7-8-15(19)16(20)9-13/h4-9H,10H2,1-3H3. The highest BCUT2D eigenvalue weighted by molar-refractivity contribution is 5.98. The third-order valence-corrected chi connectivity index (χ3v) is 4.08. The van der Waals surface area contributed by atoms with Gasteiger partial charge in [-0.2, -0.15) is 9.36 Å². The van der Waals surface area contributed by atoms with Crippen LogP contribution in [-0.4, -0.2) is 25.5 Å². The molecule has 7 nitrogen and oxygen atoms in total. The topological polar surface area (TPSA) is 74.3 Å². The maximum Gasteiger partial charge on any atom is 0.368 e. The smallest absolute Gasteiger partial charge is 0.368 e. The van der Waals surface area contributed by atoms with Gasteiger partial charge in [0.2, 0.25) is 0 Å². The summed E-state index contributed by atoms with van der Waals surface area (Å²) in [4.78, 5) is 17.5. The average Bonchev–Trinajstić information content (AvgIpc) is 2.97. The molecule has 0 saturated carbocycles. The van der Waals surface area contributed by atoms with E-state index in [4.69, 9.17) is 4.84 Å². The Morgan fingerprint density at radius 2 is 1.96 bits per heavy atom. The lowest BCUT2D eigenvalue weighted by molar-refractivity contribution is 0.130. The van der Waals surface area contributed by atoms with Gasteiger partial charge in [0.25, 0.3) is 0 Å². The minimum atomic E-state index is -0.953. The first-order chi connectivity index (χ1) is 12.9. The van der Waals surface area contributed by atoms with Crippen molar-refractivity contribution in [3.8, 4) is 5.69 Å². The number of hydrogen-bond acceptors (Lipinski definition) is 5. The normalized spacial score (nSPS) is 11.7. The second-order valence-corrected chi connectivity index (χ2v) is 5.95. The Morgan fingerprint density at radius 1 is 1.19 bits per heavy atom. The number of nitrogens with zero attached hydrogens (tertiary/aromatic N) is 5. The van der Waals surface area contributed by atoms with Crippen LogP contribution in [0, 0.1) is 18.6 Å². The molecule has 1 heterocycles. The van der Waals surface area contributed by atoms with Crippen LogP contribution in [0.5, 0.6) is 0 Å². The van der Waals surface area contributed by atoms with Gasteiger partial charge in [-0.15, -0.1) is 0 Å². The minimum Gasteiger partial charge on any atom is -0.391 e. The van der Waals surface area contributed by atoms with Gasteiger partial charge >= 0.3 is 5.69 Å². The van der Waals surface area contributed by atoms with E-state index < -0.39 is 11.6 Å². The van der Waals surface area contributed by atoms with Gasteiger partial charge < -0.3 is 4.84 Å². The molecule has 0 aliphatic heterocycles. The van der Waals surface area contributed by atoms with Gasteiger partial charge in [0.05, 0.1) is 11.4 Å². The first-order valence-electron chi connectivity index (χ1n) is 8.08. The molecule has 0 amide bonds. The third-order valence-electron chi connectivity index (χ3n) is 4.08. The molecule has 27 heavy (non-hydrogen) atoms. The van der Waals surface area contributed by atoms with Crippen molar-refractivity contribution >= 4 is 5.71 Å². The van der Waals surface area contributed by atoms with E-state index >= 15 is 0 Å². The van der Waals surface area contributed by atoms with Crippen LogP contribution in [0.2, 0.25) is 0 Å².